The van der Waals surface area contributed by atoms with Crippen molar-refractivity contribution >= 4 is 5.91 Å². The van der Waals surface area contributed by atoms with E-state index in [1.165, 1.54) is 0 Å². The summed E-state index contributed by atoms with van der Waals surface area (Å²) in [6, 6.07) is 2.26. The van der Waals surface area contributed by atoms with E-state index in [2.05, 4.69) is 16.3 Å². The van der Waals surface area contributed by atoms with E-state index in [1.807, 2.05) is 4.90 Å². The number of morpholine rings is 1. The van der Waals surface area contributed by atoms with E-state index in [0.29, 0.717) is 32.7 Å². The highest BCUT2D eigenvalue weighted by molar-refractivity contribution is 5.76. The van der Waals surface area contributed by atoms with Gasteiger partial charge in [0.2, 0.25) is 5.91 Å². The predicted molar refractivity (Wildman–Crippen MR) is 70.5 cm³/mol. The van der Waals surface area contributed by atoms with Crippen LogP contribution in [0.15, 0.2) is 0 Å². The molecule has 0 saturated carbocycles. The summed E-state index contributed by atoms with van der Waals surface area (Å²) in [5, 5.41) is 12.3. The van der Waals surface area contributed by atoms with Crippen molar-refractivity contribution in [2.45, 2.75) is 18.9 Å². The molecule has 0 radical (unpaired) electrons. The van der Waals surface area contributed by atoms with Gasteiger partial charge in [-0.25, -0.2) is 0 Å². The van der Waals surface area contributed by atoms with Crippen molar-refractivity contribution in [1.29, 1.82) is 5.26 Å². The average Bonchev–Trinajstić information content (AvgIpc) is 2.48. The Morgan fingerprint density at radius 2 is 2.16 bits per heavy atom. The van der Waals surface area contributed by atoms with E-state index < -0.39 is 0 Å². The lowest BCUT2D eigenvalue weighted by Crippen LogP contribution is -2.50. The molecule has 0 aromatic rings. The fraction of sp³-hybridized carbons (Fsp3) is 0.846. The summed E-state index contributed by atoms with van der Waals surface area (Å²) in [4.78, 5) is 16.0. The standard InChI is InChI=1S/C13H22N4O2/c14-10-12-11-15-3-5-16(12)4-1-2-13(18)17-6-8-19-9-7-17/h12,15H,1-9,11H2. The van der Waals surface area contributed by atoms with E-state index in [4.69, 9.17) is 10.00 Å². The van der Waals surface area contributed by atoms with Crippen LogP contribution in [0.4, 0.5) is 0 Å². The van der Waals surface area contributed by atoms with Gasteiger partial charge in [-0.1, -0.05) is 0 Å². The third-order valence-corrected chi connectivity index (χ3v) is 3.70. The Morgan fingerprint density at radius 3 is 2.89 bits per heavy atom. The Bertz CT molecular complexity index is 336. The van der Waals surface area contributed by atoms with Crippen LogP contribution in [0, 0.1) is 11.3 Å². The maximum Gasteiger partial charge on any atom is 0.222 e. The number of nitrogens with zero attached hydrogens (tertiary/aromatic N) is 3. The van der Waals surface area contributed by atoms with Crippen LogP contribution in [0.3, 0.4) is 0 Å². The van der Waals surface area contributed by atoms with Crippen LogP contribution >= 0.6 is 0 Å². The molecule has 6 heteroatoms. The molecular formula is C13H22N4O2. The minimum Gasteiger partial charge on any atom is -0.378 e. The van der Waals surface area contributed by atoms with Crippen LogP contribution in [-0.2, 0) is 9.53 Å². The molecule has 2 rings (SSSR count). The summed E-state index contributed by atoms with van der Waals surface area (Å²) in [5.41, 5.74) is 0. The van der Waals surface area contributed by atoms with E-state index in [-0.39, 0.29) is 11.9 Å². The second-order valence-electron chi connectivity index (χ2n) is 4.98. The molecule has 0 aromatic carbocycles. The van der Waals surface area contributed by atoms with Gasteiger partial charge in [-0.05, 0) is 13.0 Å². The zero-order valence-corrected chi connectivity index (χ0v) is 11.3. The minimum atomic E-state index is -0.0489. The van der Waals surface area contributed by atoms with Crippen molar-refractivity contribution in [3.8, 4) is 6.07 Å². The number of nitriles is 1. The van der Waals surface area contributed by atoms with Crippen molar-refractivity contribution in [3.05, 3.63) is 0 Å². The summed E-state index contributed by atoms with van der Waals surface area (Å²) in [7, 11) is 0. The second-order valence-corrected chi connectivity index (χ2v) is 4.98. The minimum absolute atomic E-state index is 0.0489. The normalized spacial score (nSPS) is 25.0. The molecule has 2 fully saturated rings. The van der Waals surface area contributed by atoms with Gasteiger partial charge in [-0.2, -0.15) is 5.26 Å². The fourth-order valence-corrected chi connectivity index (χ4v) is 2.55. The Labute approximate surface area is 114 Å². The largest absolute Gasteiger partial charge is 0.378 e. The summed E-state index contributed by atoms with van der Waals surface area (Å²) >= 11 is 0. The average molecular weight is 266 g/mol. The van der Waals surface area contributed by atoms with Gasteiger partial charge in [0.05, 0.1) is 19.3 Å². The first-order chi connectivity index (χ1) is 9.31. The van der Waals surface area contributed by atoms with Gasteiger partial charge in [0.1, 0.15) is 6.04 Å². The van der Waals surface area contributed by atoms with Crippen LogP contribution in [0.5, 0.6) is 0 Å². The highest BCUT2D eigenvalue weighted by atomic mass is 16.5. The number of hydrogen-bond acceptors (Lipinski definition) is 5. The maximum atomic E-state index is 12.0. The van der Waals surface area contributed by atoms with Crippen LogP contribution in [0.1, 0.15) is 12.8 Å². The molecule has 0 bridgehead atoms. The topological polar surface area (TPSA) is 68.6 Å². The number of carbonyl (C=O) groups is 1. The third kappa shape index (κ3) is 4.16. The first-order valence-corrected chi connectivity index (χ1v) is 7.01. The number of hydrogen-bond donors (Lipinski definition) is 1. The molecule has 106 valence electrons. The summed E-state index contributed by atoms with van der Waals surface area (Å²) in [6.07, 6.45) is 1.40. The molecule has 19 heavy (non-hydrogen) atoms. The molecule has 0 spiro atoms. The van der Waals surface area contributed by atoms with Crippen LogP contribution in [0.25, 0.3) is 0 Å². The summed E-state index contributed by atoms with van der Waals surface area (Å²) in [5.74, 6) is 0.215. The highest BCUT2D eigenvalue weighted by Crippen LogP contribution is 2.07. The van der Waals surface area contributed by atoms with Gasteiger partial charge in [-0.3, -0.25) is 9.69 Å². The molecule has 1 atom stereocenters. The lowest BCUT2D eigenvalue weighted by Gasteiger charge is -2.32. The Balaban J connectivity index is 1.67. The van der Waals surface area contributed by atoms with Crippen molar-refractivity contribution in [1.82, 2.24) is 15.1 Å². The number of ether oxygens (including phenoxy) is 1. The van der Waals surface area contributed by atoms with Crippen LogP contribution in [0.2, 0.25) is 0 Å². The monoisotopic (exact) mass is 266 g/mol. The Hall–Kier alpha value is -1.16. The Morgan fingerprint density at radius 1 is 1.37 bits per heavy atom. The van der Waals surface area contributed by atoms with Gasteiger partial charge in [0.25, 0.3) is 0 Å². The van der Waals surface area contributed by atoms with Crippen molar-refractivity contribution < 1.29 is 9.53 Å². The molecule has 1 unspecified atom stereocenters. The van der Waals surface area contributed by atoms with Gasteiger partial charge in [-0.15, -0.1) is 0 Å². The first kappa shape index (κ1) is 14.3. The highest BCUT2D eigenvalue weighted by Gasteiger charge is 2.22. The van der Waals surface area contributed by atoms with Crippen molar-refractivity contribution in [2.24, 2.45) is 0 Å². The molecule has 2 saturated heterocycles. The van der Waals surface area contributed by atoms with Crippen LogP contribution < -0.4 is 5.32 Å². The fourth-order valence-electron chi connectivity index (χ4n) is 2.55. The second kappa shape index (κ2) is 7.43. The zero-order chi connectivity index (χ0) is 13.5. The number of carbonyl (C=O) groups excluding carboxylic acids is 1. The molecular weight excluding hydrogens is 244 g/mol. The quantitative estimate of drug-likeness (QED) is 0.737. The van der Waals surface area contributed by atoms with E-state index in [0.717, 1.165) is 32.6 Å². The molecule has 0 aromatic heterocycles. The summed E-state index contributed by atoms with van der Waals surface area (Å²) < 4.78 is 5.23. The van der Waals surface area contributed by atoms with E-state index in [9.17, 15) is 4.79 Å². The lowest BCUT2D eigenvalue weighted by molar-refractivity contribution is -0.135. The van der Waals surface area contributed by atoms with E-state index >= 15 is 0 Å². The van der Waals surface area contributed by atoms with Crippen molar-refractivity contribution in [3.63, 3.8) is 0 Å². The Kier molecular flexibility index (Phi) is 5.58. The SMILES string of the molecule is N#CC1CNCCN1CCCC(=O)N1CCOCC1. The van der Waals surface area contributed by atoms with Gasteiger partial charge < -0.3 is 15.0 Å². The molecule has 2 aliphatic heterocycles. The molecule has 0 aliphatic carbocycles. The lowest BCUT2D eigenvalue weighted by atomic mass is 10.2. The van der Waals surface area contributed by atoms with E-state index in [1.54, 1.807) is 0 Å². The van der Waals surface area contributed by atoms with Crippen molar-refractivity contribution in [2.75, 3.05) is 52.5 Å². The molecule has 1 N–H and O–H groups in total. The number of piperazine rings is 1. The predicted octanol–water partition coefficient (Wildman–Crippen LogP) is -0.577. The molecule has 2 aliphatic rings. The number of amides is 1. The maximum absolute atomic E-state index is 12.0. The van der Waals surface area contributed by atoms with Gasteiger partial charge >= 0.3 is 0 Å². The molecule has 2 heterocycles. The number of rotatable bonds is 4. The summed E-state index contributed by atoms with van der Waals surface area (Å²) in [6.45, 7) is 6.12. The molecule has 1 amide bonds. The van der Waals surface area contributed by atoms with Gasteiger partial charge in [0, 0.05) is 39.1 Å². The third-order valence-electron chi connectivity index (χ3n) is 3.70. The smallest absolute Gasteiger partial charge is 0.222 e. The number of nitrogens with one attached hydrogen (secondary N) is 1. The zero-order valence-electron chi connectivity index (χ0n) is 11.3. The van der Waals surface area contributed by atoms with Gasteiger partial charge in [0.15, 0.2) is 0 Å². The van der Waals surface area contributed by atoms with Crippen LogP contribution in [-0.4, -0.2) is 74.2 Å². The first-order valence-electron chi connectivity index (χ1n) is 7.01. The molecule has 6 nitrogen and oxygen atoms in total.